The summed E-state index contributed by atoms with van der Waals surface area (Å²) in [5, 5.41) is 0. The SMILES string of the molecule is CCOC(=O)[C@H]1C(=O)CCc2ncsc21. The number of thiazole rings is 1. The molecule has 5 heteroatoms. The van der Waals surface area contributed by atoms with E-state index in [0.717, 1.165) is 10.6 Å². The third-order valence-corrected chi connectivity index (χ3v) is 3.32. The fraction of sp³-hybridized carbons (Fsp3) is 0.500. The van der Waals surface area contributed by atoms with Crippen LogP contribution in [-0.4, -0.2) is 23.3 Å². The van der Waals surface area contributed by atoms with Gasteiger partial charge < -0.3 is 4.74 Å². The van der Waals surface area contributed by atoms with Crippen LogP contribution in [0.5, 0.6) is 0 Å². The Morgan fingerprint density at radius 2 is 2.47 bits per heavy atom. The number of hydrogen-bond donors (Lipinski definition) is 0. The van der Waals surface area contributed by atoms with Crippen molar-refractivity contribution in [1.82, 2.24) is 4.98 Å². The Bertz CT molecular complexity index is 399. The first-order valence-electron chi connectivity index (χ1n) is 4.85. The molecule has 1 aromatic heterocycles. The molecular formula is C10H11NO3S. The molecule has 0 aliphatic heterocycles. The molecule has 1 aromatic rings. The van der Waals surface area contributed by atoms with E-state index in [9.17, 15) is 9.59 Å². The van der Waals surface area contributed by atoms with Gasteiger partial charge in [-0.05, 0) is 13.3 Å². The number of hydrogen-bond acceptors (Lipinski definition) is 5. The van der Waals surface area contributed by atoms with Crippen molar-refractivity contribution in [3.05, 3.63) is 16.1 Å². The summed E-state index contributed by atoms with van der Waals surface area (Å²) in [7, 11) is 0. The van der Waals surface area contributed by atoms with Crippen LogP contribution in [0.3, 0.4) is 0 Å². The molecule has 2 rings (SSSR count). The van der Waals surface area contributed by atoms with Gasteiger partial charge in [0.05, 0.1) is 17.8 Å². The van der Waals surface area contributed by atoms with Crippen molar-refractivity contribution < 1.29 is 14.3 Å². The number of fused-ring (bicyclic) bond motifs is 1. The summed E-state index contributed by atoms with van der Waals surface area (Å²) in [6.45, 7) is 2.04. The third-order valence-electron chi connectivity index (χ3n) is 2.39. The molecule has 0 radical (unpaired) electrons. The number of aryl methyl sites for hydroxylation is 1. The zero-order valence-corrected chi connectivity index (χ0v) is 9.17. The van der Waals surface area contributed by atoms with Gasteiger partial charge in [0, 0.05) is 11.3 Å². The maximum absolute atomic E-state index is 11.6. The fourth-order valence-electron chi connectivity index (χ4n) is 1.70. The molecule has 1 heterocycles. The molecule has 0 saturated heterocycles. The molecule has 0 bridgehead atoms. The Balaban J connectivity index is 2.31. The number of nitrogens with zero attached hydrogens (tertiary/aromatic N) is 1. The molecule has 80 valence electrons. The Morgan fingerprint density at radius 1 is 1.67 bits per heavy atom. The topological polar surface area (TPSA) is 56.3 Å². The minimum atomic E-state index is -0.721. The third kappa shape index (κ3) is 1.79. The van der Waals surface area contributed by atoms with Gasteiger partial charge in [-0.2, -0.15) is 0 Å². The van der Waals surface area contributed by atoms with Crippen molar-refractivity contribution in [2.75, 3.05) is 6.61 Å². The highest BCUT2D eigenvalue weighted by Crippen LogP contribution is 2.32. The van der Waals surface area contributed by atoms with Crippen LogP contribution in [0.15, 0.2) is 5.51 Å². The fourth-order valence-corrected chi connectivity index (χ4v) is 2.65. The van der Waals surface area contributed by atoms with Crippen LogP contribution in [0.2, 0.25) is 0 Å². The molecule has 0 aromatic carbocycles. The first-order valence-corrected chi connectivity index (χ1v) is 5.73. The molecule has 0 saturated carbocycles. The zero-order chi connectivity index (χ0) is 10.8. The van der Waals surface area contributed by atoms with Crippen LogP contribution in [0, 0.1) is 0 Å². The largest absolute Gasteiger partial charge is 0.465 e. The first-order chi connectivity index (χ1) is 7.24. The van der Waals surface area contributed by atoms with E-state index in [2.05, 4.69) is 4.98 Å². The molecule has 0 spiro atoms. The second kappa shape index (κ2) is 4.10. The number of carbonyl (C=O) groups is 2. The minimum absolute atomic E-state index is 0.0507. The van der Waals surface area contributed by atoms with Crippen molar-refractivity contribution in [1.29, 1.82) is 0 Å². The van der Waals surface area contributed by atoms with Crippen molar-refractivity contribution in [2.45, 2.75) is 25.7 Å². The summed E-state index contributed by atoms with van der Waals surface area (Å²) in [6.07, 6.45) is 1.04. The van der Waals surface area contributed by atoms with Gasteiger partial charge in [-0.15, -0.1) is 11.3 Å². The molecule has 1 aliphatic rings. The summed E-state index contributed by atoms with van der Waals surface area (Å²) >= 11 is 1.36. The van der Waals surface area contributed by atoms with E-state index >= 15 is 0 Å². The normalized spacial score (nSPS) is 19.8. The van der Waals surface area contributed by atoms with E-state index < -0.39 is 11.9 Å². The van der Waals surface area contributed by atoms with Gasteiger partial charge in [0.2, 0.25) is 0 Å². The summed E-state index contributed by atoms with van der Waals surface area (Å²) in [5.74, 6) is -1.21. The Morgan fingerprint density at radius 3 is 3.20 bits per heavy atom. The molecule has 0 N–H and O–H groups in total. The summed E-state index contributed by atoms with van der Waals surface area (Å²) in [6, 6.07) is 0. The zero-order valence-electron chi connectivity index (χ0n) is 8.36. The van der Waals surface area contributed by atoms with Crippen molar-refractivity contribution in [3.8, 4) is 0 Å². The van der Waals surface area contributed by atoms with Crippen LogP contribution in [0.4, 0.5) is 0 Å². The monoisotopic (exact) mass is 225 g/mol. The smallest absolute Gasteiger partial charge is 0.321 e. The number of Topliss-reactive ketones (excluding diaryl/α,β-unsaturated/α-hetero) is 1. The second-order valence-electron chi connectivity index (χ2n) is 3.31. The maximum atomic E-state index is 11.6. The van der Waals surface area contributed by atoms with E-state index in [-0.39, 0.29) is 5.78 Å². The highest BCUT2D eigenvalue weighted by molar-refractivity contribution is 7.10. The lowest BCUT2D eigenvalue weighted by atomic mass is 9.90. The predicted molar refractivity (Wildman–Crippen MR) is 54.8 cm³/mol. The number of ketones is 1. The highest BCUT2D eigenvalue weighted by Gasteiger charge is 2.36. The van der Waals surface area contributed by atoms with Gasteiger partial charge in [0.1, 0.15) is 0 Å². The molecule has 1 atom stereocenters. The van der Waals surface area contributed by atoms with Crippen molar-refractivity contribution >= 4 is 23.1 Å². The van der Waals surface area contributed by atoms with Gasteiger partial charge in [-0.1, -0.05) is 0 Å². The van der Waals surface area contributed by atoms with Gasteiger partial charge in [-0.25, -0.2) is 4.98 Å². The van der Waals surface area contributed by atoms with Gasteiger partial charge >= 0.3 is 5.97 Å². The van der Waals surface area contributed by atoms with Gasteiger partial charge in [-0.3, -0.25) is 9.59 Å². The number of rotatable bonds is 2. The van der Waals surface area contributed by atoms with Crippen LogP contribution < -0.4 is 0 Å². The average molecular weight is 225 g/mol. The van der Waals surface area contributed by atoms with E-state index in [0.29, 0.717) is 19.4 Å². The Kier molecular flexibility index (Phi) is 2.81. The average Bonchev–Trinajstić information content (AvgIpc) is 2.65. The summed E-state index contributed by atoms with van der Waals surface area (Å²) in [5.41, 5.74) is 2.55. The lowest BCUT2D eigenvalue weighted by molar-refractivity contribution is -0.148. The lowest BCUT2D eigenvalue weighted by Crippen LogP contribution is -2.28. The quantitative estimate of drug-likeness (QED) is 0.562. The van der Waals surface area contributed by atoms with Crippen LogP contribution in [0.25, 0.3) is 0 Å². The highest BCUT2D eigenvalue weighted by atomic mass is 32.1. The first kappa shape index (κ1) is 10.3. The molecule has 0 fully saturated rings. The number of esters is 1. The predicted octanol–water partition coefficient (Wildman–Crippen LogP) is 1.31. The minimum Gasteiger partial charge on any atom is -0.465 e. The van der Waals surface area contributed by atoms with Crippen molar-refractivity contribution in [3.63, 3.8) is 0 Å². The van der Waals surface area contributed by atoms with Crippen molar-refractivity contribution in [2.24, 2.45) is 0 Å². The van der Waals surface area contributed by atoms with E-state index in [1.807, 2.05) is 0 Å². The summed E-state index contributed by atoms with van der Waals surface area (Å²) < 4.78 is 4.90. The molecular weight excluding hydrogens is 214 g/mol. The molecule has 15 heavy (non-hydrogen) atoms. The van der Waals surface area contributed by atoms with Gasteiger partial charge in [0.25, 0.3) is 0 Å². The number of ether oxygens (including phenoxy) is 1. The van der Waals surface area contributed by atoms with Crippen LogP contribution in [-0.2, 0) is 20.7 Å². The van der Waals surface area contributed by atoms with Gasteiger partial charge in [0.15, 0.2) is 11.7 Å². The second-order valence-corrected chi connectivity index (χ2v) is 4.20. The van der Waals surface area contributed by atoms with E-state index in [1.54, 1.807) is 12.4 Å². The van der Waals surface area contributed by atoms with Crippen LogP contribution >= 0.6 is 11.3 Å². The number of aromatic nitrogens is 1. The van der Waals surface area contributed by atoms with E-state index in [1.165, 1.54) is 11.3 Å². The molecule has 1 aliphatic carbocycles. The standard InChI is InChI=1S/C10H11NO3S/c1-2-14-10(13)8-7(12)4-3-6-9(8)15-5-11-6/h5,8H,2-4H2,1H3/t8-/m0/s1. The number of carbonyl (C=O) groups excluding carboxylic acids is 2. The molecule has 4 nitrogen and oxygen atoms in total. The van der Waals surface area contributed by atoms with E-state index in [4.69, 9.17) is 4.74 Å². The summed E-state index contributed by atoms with van der Waals surface area (Å²) in [4.78, 5) is 28.2. The Hall–Kier alpha value is -1.23. The Labute approximate surface area is 91.3 Å². The van der Waals surface area contributed by atoms with Crippen LogP contribution in [0.1, 0.15) is 29.8 Å². The molecule has 0 unspecified atom stereocenters. The lowest BCUT2D eigenvalue weighted by Gasteiger charge is -2.18. The maximum Gasteiger partial charge on any atom is 0.321 e. The molecule has 0 amide bonds.